The lowest BCUT2D eigenvalue weighted by molar-refractivity contribution is 0.0956. The van der Waals surface area contributed by atoms with Crippen LogP contribution in [0.1, 0.15) is 22.8 Å². The number of hydrogen-bond acceptors (Lipinski definition) is 6. The van der Waals surface area contributed by atoms with E-state index in [1.54, 1.807) is 30.3 Å². The predicted molar refractivity (Wildman–Crippen MR) is 109 cm³/mol. The standard InChI is InChI=1S/C19H25N5O3S/c1-3-21-19(25)17-12-15(13-22-18(17)24-10-8-20-9-11-24)23-28(26,27)16-6-4-14(2)5-7-16/h4-7,12-13,20,23H,3,8-11H2,1-2H3,(H,21,25). The highest BCUT2D eigenvalue weighted by atomic mass is 32.2. The Morgan fingerprint density at radius 2 is 1.89 bits per heavy atom. The van der Waals surface area contributed by atoms with Crippen LogP contribution in [0.4, 0.5) is 11.5 Å². The van der Waals surface area contributed by atoms with Gasteiger partial charge in [-0.2, -0.15) is 0 Å². The summed E-state index contributed by atoms with van der Waals surface area (Å²) in [5.74, 6) is 0.283. The normalized spacial score (nSPS) is 14.6. The molecular weight excluding hydrogens is 378 g/mol. The van der Waals surface area contributed by atoms with Gasteiger partial charge >= 0.3 is 0 Å². The molecule has 1 fully saturated rings. The number of amides is 1. The quantitative estimate of drug-likeness (QED) is 0.673. The molecule has 28 heavy (non-hydrogen) atoms. The molecule has 3 rings (SSSR count). The fourth-order valence-electron chi connectivity index (χ4n) is 3.00. The summed E-state index contributed by atoms with van der Waals surface area (Å²) in [5, 5.41) is 6.03. The molecule has 0 saturated carbocycles. The summed E-state index contributed by atoms with van der Waals surface area (Å²) < 4.78 is 27.8. The van der Waals surface area contributed by atoms with E-state index in [0.717, 1.165) is 31.7 Å². The van der Waals surface area contributed by atoms with E-state index in [0.29, 0.717) is 17.9 Å². The molecule has 9 heteroatoms. The van der Waals surface area contributed by atoms with Gasteiger partial charge in [-0.25, -0.2) is 13.4 Å². The maximum absolute atomic E-state index is 12.6. The van der Waals surface area contributed by atoms with Crippen LogP contribution >= 0.6 is 0 Å². The van der Waals surface area contributed by atoms with E-state index in [9.17, 15) is 13.2 Å². The van der Waals surface area contributed by atoms with Crippen molar-refractivity contribution in [2.75, 3.05) is 42.3 Å². The number of piperazine rings is 1. The zero-order valence-corrected chi connectivity index (χ0v) is 16.8. The second-order valence-corrected chi connectivity index (χ2v) is 8.29. The Balaban J connectivity index is 1.92. The molecule has 2 aromatic rings. The molecule has 0 radical (unpaired) electrons. The molecule has 1 aromatic carbocycles. The summed E-state index contributed by atoms with van der Waals surface area (Å²) in [6.45, 7) is 7.26. The van der Waals surface area contributed by atoms with Crippen molar-refractivity contribution in [3.63, 3.8) is 0 Å². The minimum absolute atomic E-state index is 0.156. The number of rotatable bonds is 6. The van der Waals surface area contributed by atoms with Gasteiger partial charge in [-0.15, -0.1) is 0 Å². The van der Waals surface area contributed by atoms with E-state index in [-0.39, 0.29) is 16.5 Å². The lowest BCUT2D eigenvalue weighted by Crippen LogP contribution is -2.44. The number of benzene rings is 1. The lowest BCUT2D eigenvalue weighted by Gasteiger charge is -2.30. The Morgan fingerprint density at radius 1 is 1.21 bits per heavy atom. The molecule has 2 heterocycles. The Labute approximate surface area is 165 Å². The first-order valence-corrected chi connectivity index (χ1v) is 10.7. The second kappa shape index (κ2) is 8.57. The molecule has 0 aliphatic carbocycles. The fourth-order valence-corrected chi connectivity index (χ4v) is 4.03. The first kappa shape index (κ1) is 20.1. The molecule has 1 aromatic heterocycles. The van der Waals surface area contributed by atoms with Crippen LogP contribution in [-0.2, 0) is 10.0 Å². The smallest absolute Gasteiger partial charge is 0.261 e. The van der Waals surface area contributed by atoms with Crippen molar-refractivity contribution in [2.45, 2.75) is 18.7 Å². The maximum Gasteiger partial charge on any atom is 0.261 e. The van der Waals surface area contributed by atoms with Gasteiger partial charge in [0.1, 0.15) is 5.82 Å². The zero-order chi connectivity index (χ0) is 20.1. The molecule has 8 nitrogen and oxygen atoms in total. The van der Waals surface area contributed by atoms with Gasteiger partial charge in [-0.3, -0.25) is 9.52 Å². The number of aryl methyl sites for hydroxylation is 1. The van der Waals surface area contributed by atoms with Gasteiger partial charge in [-0.05, 0) is 32.0 Å². The largest absolute Gasteiger partial charge is 0.353 e. The minimum Gasteiger partial charge on any atom is -0.353 e. The number of sulfonamides is 1. The van der Waals surface area contributed by atoms with Gasteiger partial charge in [0.2, 0.25) is 0 Å². The Morgan fingerprint density at radius 3 is 2.54 bits per heavy atom. The molecular formula is C19H25N5O3S. The van der Waals surface area contributed by atoms with E-state index < -0.39 is 10.0 Å². The predicted octanol–water partition coefficient (Wildman–Crippen LogP) is 1.35. The van der Waals surface area contributed by atoms with Crippen LogP contribution in [-0.4, -0.2) is 52.0 Å². The van der Waals surface area contributed by atoms with E-state index in [1.807, 2.05) is 18.7 Å². The molecule has 0 unspecified atom stereocenters. The SMILES string of the molecule is CCNC(=O)c1cc(NS(=O)(=O)c2ccc(C)cc2)cnc1N1CCNCC1. The number of aromatic nitrogens is 1. The number of nitrogens with one attached hydrogen (secondary N) is 3. The third-order valence-corrected chi connectivity index (χ3v) is 5.85. The van der Waals surface area contributed by atoms with Gasteiger partial charge in [0.05, 0.1) is 22.3 Å². The Bertz CT molecular complexity index is 939. The van der Waals surface area contributed by atoms with Crippen molar-refractivity contribution in [3.05, 3.63) is 47.7 Å². The van der Waals surface area contributed by atoms with Crippen LogP contribution in [0.3, 0.4) is 0 Å². The molecule has 0 atom stereocenters. The highest BCUT2D eigenvalue weighted by Gasteiger charge is 2.22. The van der Waals surface area contributed by atoms with E-state index >= 15 is 0 Å². The van der Waals surface area contributed by atoms with Crippen molar-refractivity contribution in [1.82, 2.24) is 15.6 Å². The van der Waals surface area contributed by atoms with Crippen LogP contribution in [0.5, 0.6) is 0 Å². The first-order chi connectivity index (χ1) is 13.4. The number of hydrogen-bond donors (Lipinski definition) is 3. The van der Waals surface area contributed by atoms with Crippen molar-refractivity contribution >= 4 is 27.4 Å². The molecule has 1 saturated heterocycles. The van der Waals surface area contributed by atoms with Crippen molar-refractivity contribution in [3.8, 4) is 0 Å². The van der Waals surface area contributed by atoms with Crippen LogP contribution < -0.4 is 20.3 Å². The summed E-state index contributed by atoms with van der Waals surface area (Å²) in [7, 11) is -3.77. The summed E-state index contributed by atoms with van der Waals surface area (Å²) in [6, 6.07) is 8.11. The van der Waals surface area contributed by atoms with Crippen LogP contribution in [0, 0.1) is 6.92 Å². The third kappa shape index (κ3) is 4.60. The van der Waals surface area contributed by atoms with Gasteiger partial charge < -0.3 is 15.5 Å². The fraction of sp³-hybridized carbons (Fsp3) is 0.368. The van der Waals surface area contributed by atoms with Crippen LogP contribution in [0.2, 0.25) is 0 Å². The van der Waals surface area contributed by atoms with Gasteiger partial charge in [-0.1, -0.05) is 17.7 Å². The third-order valence-electron chi connectivity index (χ3n) is 4.45. The maximum atomic E-state index is 12.6. The Hall–Kier alpha value is -2.65. The lowest BCUT2D eigenvalue weighted by atomic mass is 10.2. The van der Waals surface area contributed by atoms with Crippen LogP contribution in [0.15, 0.2) is 41.4 Å². The summed E-state index contributed by atoms with van der Waals surface area (Å²) in [5.41, 5.74) is 1.58. The molecule has 1 amide bonds. The first-order valence-electron chi connectivity index (χ1n) is 9.24. The van der Waals surface area contributed by atoms with E-state index in [4.69, 9.17) is 0 Å². The van der Waals surface area contributed by atoms with Crippen molar-refractivity contribution in [1.29, 1.82) is 0 Å². The minimum atomic E-state index is -3.77. The summed E-state index contributed by atoms with van der Waals surface area (Å²) in [6.07, 6.45) is 1.45. The van der Waals surface area contributed by atoms with E-state index in [1.165, 1.54) is 6.20 Å². The molecule has 0 bridgehead atoms. The highest BCUT2D eigenvalue weighted by molar-refractivity contribution is 7.92. The Kier molecular flexibility index (Phi) is 6.15. The number of pyridine rings is 1. The molecule has 1 aliphatic heterocycles. The monoisotopic (exact) mass is 403 g/mol. The number of nitrogens with zero attached hydrogens (tertiary/aromatic N) is 2. The average Bonchev–Trinajstić information content (AvgIpc) is 2.69. The number of carbonyl (C=O) groups is 1. The number of anilines is 2. The zero-order valence-electron chi connectivity index (χ0n) is 16.0. The molecule has 150 valence electrons. The molecule has 0 spiro atoms. The number of carbonyl (C=O) groups excluding carboxylic acids is 1. The van der Waals surface area contributed by atoms with Crippen molar-refractivity contribution in [2.24, 2.45) is 0 Å². The summed E-state index contributed by atoms with van der Waals surface area (Å²) in [4.78, 5) is 19.2. The second-order valence-electron chi connectivity index (χ2n) is 6.61. The van der Waals surface area contributed by atoms with Gasteiger partial charge in [0.25, 0.3) is 15.9 Å². The van der Waals surface area contributed by atoms with Gasteiger partial charge in [0, 0.05) is 32.7 Å². The highest BCUT2D eigenvalue weighted by Crippen LogP contribution is 2.24. The summed E-state index contributed by atoms with van der Waals surface area (Å²) >= 11 is 0. The van der Waals surface area contributed by atoms with Crippen molar-refractivity contribution < 1.29 is 13.2 Å². The topological polar surface area (TPSA) is 103 Å². The van der Waals surface area contributed by atoms with Crippen LogP contribution in [0.25, 0.3) is 0 Å². The average molecular weight is 404 g/mol. The molecule has 1 aliphatic rings. The van der Waals surface area contributed by atoms with E-state index in [2.05, 4.69) is 20.3 Å². The molecule has 3 N–H and O–H groups in total. The van der Waals surface area contributed by atoms with Gasteiger partial charge in [0.15, 0.2) is 0 Å².